The molecule has 0 radical (unpaired) electrons. The van der Waals surface area contributed by atoms with E-state index in [1.165, 1.54) is 16.7 Å². The number of fused-ring (bicyclic) bond motifs is 1. The number of carboxylic acids is 1. The molecular formula is C15H14F2N2O4S. The lowest BCUT2D eigenvalue weighted by Gasteiger charge is -2.43. The molecule has 1 aromatic carbocycles. The molecule has 0 unspecified atom stereocenters. The van der Waals surface area contributed by atoms with Gasteiger partial charge in [-0.15, -0.1) is 11.8 Å². The van der Waals surface area contributed by atoms with Gasteiger partial charge < -0.3 is 15.3 Å². The minimum absolute atomic E-state index is 0.574. The van der Waals surface area contributed by atoms with Crippen LogP contribution in [0.4, 0.5) is 8.78 Å². The van der Waals surface area contributed by atoms with E-state index < -0.39 is 57.2 Å². The van der Waals surface area contributed by atoms with Crippen LogP contribution in [0.15, 0.2) is 18.2 Å². The Morgan fingerprint density at radius 2 is 1.88 bits per heavy atom. The normalized spacial score (nSPS) is 27.4. The molecule has 0 aliphatic carbocycles. The average Bonchev–Trinajstić information content (AvgIpc) is 2.73. The number of hydrogen-bond donors (Lipinski definition) is 2. The van der Waals surface area contributed by atoms with Gasteiger partial charge in [-0.3, -0.25) is 9.59 Å². The highest BCUT2D eigenvalue weighted by Gasteiger charge is 2.64. The molecular weight excluding hydrogens is 342 g/mol. The summed E-state index contributed by atoms with van der Waals surface area (Å²) >= 11 is 1.23. The number of amides is 2. The molecule has 2 fully saturated rings. The lowest BCUT2D eigenvalue weighted by molar-refractivity contribution is -0.159. The number of β-lactam (4-membered cyclic amide) rings is 1. The number of carboxylic acid groups (broad SMARTS) is 1. The lowest BCUT2D eigenvalue weighted by atomic mass is 9.96. The summed E-state index contributed by atoms with van der Waals surface area (Å²) in [7, 11) is 0. The smallest absolute Gasteiger partial charge is 0.327 e. The topological polar surface area (TPSA) is 86.7 Å². The maximum atomic E-state index is 13.7. The predicted molar refractivity (Wildman–Crippen MR) is 81.3 cm³/mol. The van der Waals surface area contributed by atoms with Gasteiger partial charge in [-0.2, -0.15) is 0 Å². The van der Waals surface area contributed by atoms with Crippen LogP contribution in [0.3, 0.4) is 0 Å². The standard InChI is InChI=1S/C15H14F2N2O4S/c1-15(2)10(14(22)23)19-12(21)9(13(19)24-15)18-11(20)8-6(16)4-3-5-7(8)17/h3-5,9-10,13H,1-2H3,(H,18,20)(H,22,23)/t9-,10-,13+/m0/s1. The first-order valence-corrected chi connectivity index (χ1v) is 8.01. The second-order valence-corrected chi connectivity index (χ2v) is 7.92. The molecule has 0 aromatic heterocycles. The van der Waals surface area contributed by atoms with Crippen LogP contribution in [0.2, 0.25) is 0 Å². The third-order valence-corrected chi connectivity index (χ3v) is 5.72. The van der Waals surface area contributed by atoms with E-state index in [9.17, 15) is 28.3 Å². The van der Waals surface area contributed by atoms with Gasteiger partial charge in [0.15, 0.2) is 0 Å². The first-order chi connectivity index (χ1) is 11.1. The molecule has 0 bridgehead atoms. The van der Waals surface area contributed by atoms with E-state index in [0.717, 1.165) is 18.2 Å². The van der Waals surface area contributed by atoms with Gasteiger partial charge in [-0.05, 0) is 26.0 Å². The summed E-state index contributed by atoms with van der Waals surface area (Å²) in [4.78, 5) is 36.9. The van der Waals surface area contributed by atoms with Crippen molar-refractivity contribution in [2.75, 3.05) is 0 Å². The summed E-state index contributed by atoms with van der Waals surface area (Å²) < 4.78 is 26.6. The second-order valence-electron chi connectivity index (χ2n) is 6.15. The summed E-state index contributed by atoms with van der Waals surface area (Å²) in [5, 5.41) is 11.0. The number of benzene rings is 1. The highest BCUT2D eigenvalue weighted by molar-refractivity contribution is 8.01. The van der Waals surface area contributed by atoms with Gasteiger partial charge in [-0.25, -0.2) is 13.6 Å². The Kier molecular flexibility index (Phi) is 3.78. The number of carbonyl (C=O) groups excluding carboxylic acids is 2. The maximum absolute atomic E-state index is 13.7. The van der Waals surface area contributed by atoms with Crippen molar-refractivity contribution in [3.8, 4) is 0 Å². The molecule has 3 rings (SSSR count). The zero-order chi connectivity index (χ0) is 17.8. The third kappa shape index (κ3) is 2.34. The van der Waals surface area contributed by atoms with Crippen LogP contribution in [0.25, 0.3) is 0 Å². The van der Waals surface area contributed by atoms with Crippen molar-refractivity contribution in [1.82, 2.24) is 10.2 Å². The van der Waals surface area contributed by atoms with Crippen LogP contribution in [0, 0.1) is 11.6 Å². The lowest BCUT2D eigenvalue weighted by Crippen LogP contribution is -2.70. The number of thioether (sulfide) groups is 1. The molecule has 6 nitrogen and oxygen atoms in total. The summed E-state index contributed by atoms with van der Waals surface area (Å²) in [6.07, 6.45) is 0. The Hall–Kier alpha value is -2.16. The molecule has 24 heavy (non-hydrogen) atoms. The van der Waals surface area contributed by atoms with Crippen LogP contribution in [-0.4, -0.2) is 50.0 Å². The molecule has 2 amide bonds. The first-order valence-electron chi connectivity index (χ1n) is 7.13. The van der Waals surface area contributed by atoms with E-state index in [0.29, 0.717) is 0 Å². The van der Waals surface area contributed by atoms with Gasteiger partial charge in [0.05, 0.1) is 0 Å². The molecule has 2 aliphatic rings. The van der Waals surface area contributed by atoms with Crippen molar-refractivity contribution in [2.45, 2.75) is 36.1 Å². The van der Waals surface area contributed by atoms with Gasteiger partial charge in [0.1, 0.15) is 34.7 Å². The molecule has 2 N–H and O–H groups in total. The maximum Gasteiger partial charge on any atom is 0.327 e. The number of carbonyl (C=O) groups is 3. The zero-order valence-corrected chi connectivity index (χ0v) is 13.6. The van der Waals surface area contributed by atoms with E-state index in [2.05, 4.69) is 5.32 Å². The van der Waals surface area contributed by atoms with Crippen molar-refractivity contribution in [3.63, 3.8) is 0 Å². The van der Waals surface area contributed by atoms with Crippen molar-refractivity contribution >= 4 is 29.5 Å². The van der Waals surface area contributed by atoms with Crippen LogP contribution < -0.4 is 5.32 Å². The van der Waals surface area contributed by atoms with Crippen molar-refractivity contribution in [1.29, 1.82) is 0 Å². The van der Waals surface area contributed by atoms with Gasteiger partial charge >= 0.3 is 5.97 Å². The number of nitrogens with zero attached hydrogens (tertiary/aromatic N) is 1. The van der Waals surface area contributed by atoms with Crippen LogP contribution in [0.5, 0.6) is 0 Å². The molecule has 0 saturated carbocycles. The highest BCUT2D eigenvalue weighted by Crippen LogP contribution is 2.50. The second kappa shape index (κ2) is 5.44. The van der Waals surface area contributed by atoms with Crippen LogP contribution in [-0.2, 0) is 9.59 Å². The Balaban J connectivity index is 1.81. The van der Waals surface area contributed by atoms with E-state index in [-0.39, 0.29) is 0 Å². The number of nitrogens with one attached hydrogen (secondary N) is 1. The van der Waals surface area contributed by atoms with Crippen molar-refractivity contribution < 1.29 is 28.3 Å². The van der Waals surface area contributed by atoms with E-state index >= 15 is 0 Å². The average molecular weight is 356 g/mol. The van der Waals surface area contributed by atoms with E-state index in [1.807, 2.05) is 0 Å². The van der Waals surface area contributed by atoms with E-state index in [4.69, 9.17) is 0 Å². The monoisotopic (exact) mass is 356 g/mol. The molecule has 2 aliphatic heterocycles. The minimum Gasteiger partial charge on any atom is -0.480 e. The van der Waals surface area contributed by atoms with Gasteiger partial charge in [0.25, 0.3) is 5.91 Å². The fourth-order valence-corrected chi connectivity index (χ4v) is 4.70. The predicted octanol–water partition coefficient (Wildman–Crippen LogP) is 1.21. The Bertz CT molecular complexity index is 735. The summed E-state index contributed by atoms with van der Waals surface area (Å²) in [6.45, 7) is 3.38. The number of rotatable bonds is 3. The van der Waals surface area contributed by atoms with Crippen molar-refractivity contribution in [2.24, 2.45) is 0 Å². The fourth-order valence-electron chi connectivity index (χ4n) is 3.07. The van der Waals surface area contributed by atoms with Gasteiger partial charge in [-0.1, -0.05) is 6.07 Å². The third-order valence-electron chi connectivity index (χ3n) is 4.15. The van der Waals surface area contributed by atoms with Crippen LogP contribution >= 0.6 is 11.8 Å². The summed E-state index contributed by atoms with van der Waals surface area (Å²) in [5.74, 6) is -4.80. The molecule has 1 aromatic rings. The number of hydrogen-bond acceptors (Lipinski definition) is 4. The zero-order valence-electron chi connectivity index (χ0n) is 12.7. The van der Waals surface area contributed by atoms with Gasteiger partial charge in [0, 0.05) is 4.75 Å². The number of aliphatic carboxylic acids is 1. The Morgan fingerprint density at radius 1 is 1.29 bits per heavy atom. The van der Waals surface area contributed by atoms with Crippen LogP contribution in [0.1, 0.15) is 24.2 Å². The van der Waals surface area contributed by atoms with Gasteiger partial charge in [0.2, 0.25) is 5.91 Å². The quantitative estimate of drug-likeness (QED) is 0.795. The minimum atomic E-state index is -1.13. The molecule has 2 heterocycles. The molecule has 2 saturated heterocycles. The Labute approximate surface area is 140 Å². The van der Waals surface area contributed by atoms with E-state index in [1.54, 1.807) is 13.8 Å². The Morgan fingerprint density at radius 3 is 2.42 bits per heavy atom. The number of halogens is 2. The SMILES string of the molecule is CC1(C)S[C@@H]2[C@@H](NC(=O)c3c(F)cccc3F)C(=O)N2[C@H]1C(=O)O. The summed E-state index contributed by atoms with van der Waals surface area (Å²) in [5.41, 5.74) is -0.763. The fraction of sp³-hybridized carbons (Fsp3) is 0.400. The highest BCUT2D eigenvalue weighted by atomic mass is 32.2. The molecule has 0 spiro atoms. The largest absolute Gasteiger partial charge is 0.480 e. The molecule has 128 valence electrons. The summed E-state index contributed by atoms with van der Waals surface area (Å²) in [6, 6.07) is 0.995. The molecule has 3 atom stereocenters. The first kappa shape index (κ1) is 16.7. The molecule has 9 heteroatoms. The van der Waals surface area contributed by atoms with Crippen molar-refractivity contribution in [3.05, 3.63) is 35.4 Å².